The van der Waals surface area contributed by atoms with E-state index in [9.17, 15) is 31.9 Å². The lowest BCUT2D eigenvalue weighted by atomic mass is 9.38. The van der Waals surface area contributed by atoms with E-state index in [1.165, 1.54) is 35.2 Å². The molecule has 2 amide bonds. The molecule has 6 rings (SSSR count). The van der Waals surface area contributed by atoms with Crippen molar-refractivity contribution in [2.75, 3.05) is 18.1 Å². The van der Waals surface area contributed by atoms with Crippen molar-refractivity contribution >= 4 is 46.5 Å². The van der Waals surface area contributed by atoms with Gasteiger partial charge in [-0.15, -0.1) is 0 Å². The fourth-order valence-corrected chi connectivity index (χ4v) is 6.35. The first kappa shape index (κ1) is 29.4. The summed E-state index contributed by atoms with van der Waals surface area (Å²) in [5.41, 5.74) is -0.427. The van der Waals surface area contributed by atoms with Gasteiger partial charge in [-0.1, -0.05) is 23.2 Å². The van der Waals surface area contributed by atoms with Crippen LogP contribution in [0.1, 0.15) is 44.9 Å². The topological polar surface area (TPSA) is 84.9 Å². The Labute approximate surface area is 243 Å². The average molecular weight is 617 g/mol. The third kappa shape index (κ3) is 6.56. The van der Waals surface area contributed by atoms with Gasteiger partial charge in [-0.05, 0) is 61.4 Å². The number of halogens is 6. The molecule has 1 unspecified atom stereocenters. The predicted octanol–water partition coefficient (Wildman–Crippen LogP) is 6.04. The Kier molecular flexibility index (Phi) is 7.88. The number of ketones is 1. The number of carbonyl (C=O) groups is 3. The second-order valence-corrected chi connectivity index (χ2v) is 11.9. The molecule has 2 bridgehead atoms. The summed E-state index contributed by atoms with van der Waals surface area (Å²) >= 11 is 11.7. The second-order valence-electron chi connectivity index (χ2n) is 11.1. The summed E-state index contributed by atoms with van der Waals surface area (Å²) in [6, 6.07) is 8.44. The molecule has 1 aliphatic heterocycles. The fourth-order valence-electron chi connectivity index (χ4n) is 6.06. The number of ether oxygens (including phenoxy) is 2. The van der Waals surface area contributed by atoms with Crippen LogP contribution in [0.25, 0.3) is 0 Å². The van der Waals surface area contributed by atoms with Gasteiger partial charge in [0.1, 0.15) is 23.9 Å². The van der Waals surface area contributed by atoms with Crippen molar-refractivity contribution in [3.05, 3.63) is 52.3 Å². The van der Waals surface area contributed by atoms with Crippen LogP contribution in [0.3, 0.4) is 0 Å². The van der Waals surface area contributed by atoms with Crippen molar-refractivity contribution in [1.29, 1.82) is 0 Å². The lowest BCUT2D eigenvalue weighted by Crippen LogP contribution is -2.76. The smallest absolute Gasteiger partial charge is 0.389 e. The van der Waals surface area contributed by atoms with E-state index in [1.54, 1.807) is 0 Å². The number of benzene rings is 2. The number of anilines is 1. The molecule has 41 heavy (non-hydrogen) atoms. The lowest BCUT2D eigenvalue weighted by molar-refractivity contribution is -0.175. The molecule has 1 N–H and O–H groups in total. The van der Waals surface area contributed by atoms with E-state index in [1.807, 2.05) is 0 Å². The summed E-state index contributed by atoms with van der Waals surface area (Å²) in [5.74, 6) is -1.38. The Hall–Kier alpha value is -3.05. The van der Waals surface area contributed by atoms with E-state index in [-0.39, 0.29) is 60.1 Å². The van der Waals surface area contributed by atoms with Gasteiger partial charge in [0, 0.05) is 35.9 Å². The Morgan fingerprint density at radius 1 is 1.10 bits per heavy atom. The zero-order chi connectivity index (χ0) is 29.6. The molecule has 220 valence electrons. The van der Waals surface area contributed by atoms with E-state index in [0.29, 0.717) is 30.0 Å². The normalized spacial score (nSPS) is 24.3. The van der Waals surface area contributed by atoms with Crippen LogP contribution < -0.4 is 19.7 Å². The van der Waals surface area contributed by atoms with Gasteiger partial charge in [0.15, 0.2) is 11.9 Å². The van der Waals surface area contributed by atoms with E-state index in [0.717, 1.165) is 6.07 Å². The van der Waals surface area contributed by atoms with Gasteiger partial charge in [0.05, 0.1) is 17.3 Å². The van der Waals surface area contributed by atoms with Crippen LogP contribution in [-0.2, 0) is 14.4 Å². The number of nitrogens with one attached hydrogen (secondary N) is 1. The molecule has 1 heterocycles. The van der Waals surface area contributed by atoms with Crippen LogP contribution in [0.15, 0.2) is 36.4 Å². The highest BCUT2D eigenvalue weighted by molar-refractivity contribution is 6.31. The van der Waals surface area contributed by atoms with Crippen molar-refractivity contribution < 1.29 is 41.4 Å². The zero-order valence-electron chi connectivity index (χ0n) is 21.7. The van der Waals surface area contributed by atoms with Crippen LogP contribution in [0.2, 0.25) is 10.0 Å². The number of nitrogens with zero attached hydrogens (tertiary/aromatic N) is 1. The van der Waals surface area contributed by atoms with Gasteiger partial charge in [-0.2, -0.15) is 13.2 Å². The van der Waals surface area contributed by atoms with Crippen molar-refractivity contribution in [3.63, 3.8) is 0 Å². The number of fused-ring (bicyclic) bond motifs is 1. The summed E-state index contributed by atoms with van der Waals surface area (Å²) in [4.78, 5) is 39.8. The molecule has 1 atom stereocenters. The van der Waals surface area contributed by atoms with Crippen molar-refractivity contribution in [1.82, 2.24) is 5.32 Å². The number of amides is 2. The summed E-state index contributed by atoms with van der Waals surface area (Å²) in [6.45, 7) is -0.388. The SMILES string of the molecule is O=C(COc1ccc(Cl)c(F)c1)CC12CC(NC(=O)C3CN(C(=O)CCCC(F)(F)F)c4cc(Cl)ccc4O3)(C1)C2. The molecule has 3 fully saturated rings. The predicted molar refractivity (Wildman–Crippen MR) is 142 cm³/mol. The van der Waals surface area contributed by atoms with E-state index >= 15 is 0 Å². The number of carbonyl (C=O) groups excluding carboxylic acids is 3. The highest BCUT2D eigenvalue weighted by Gasteiger charge is 2.68. The van der Waals surface area contributed by atoms with Gasteiger partial charge in [-0.3, -0.25) is 14.4 Å². The summed E-state index contributed by atoms with van der Waals surface area (Å²) in [7, 11) is 0. The first-order chi connectivity index (χ1) is 19.3. The minimum atomic E-state index is -4.37. The molecule has 7 nitrogen and oxygen atoms in total. The minimum Gasteiger partial charge on any atom is -0.486 e. The largest absolute Gasteiger partial charge is 0.486 e. The van der Waals surface area contributed by atoms with Crippen LogP contribution >= 0.6 is 23.2 Å². The molecular weight excluding hydrogens is 591 g/mol. The van der Waals surface area contributed by atoms with Crippen molar-refractivity contribution in [2.45, 2.75) is 62.8 Å². The minimum absolute atomic E-state index is 0.0441. The van der Waals surface area contributed by atoms with Gasteiger partial charge in [0.25, 0.3) is 5.91 Å². The van der Waals surface area contributed by atoms with Gasteiger partial charge in [-0.25, -0.2) is 4.39 Å². The van der Waals surface area contributed by atoms with Gasteiger partial charge >= 0.3 is 6.18 Å². The van der Waals surface area contributed by atoms with Crippen molar-refractivity contribution in [2.24, 2.45) is 5.41 Å². The third-order valence-electron chi connectivity index (χ3n) is 7.67. The summed E-state index contributed by atoms with van der Waals surface area (Å²) in [6.07, 6.45) is -5.24. The Bertz CT molecular complexity index is 1370. The molecule has 3 saturated carbocycles. The van der Waals surface area contributed by atoms with E-state index < -0.39 is 41.9 Å². The third-order valence-corrected chi connectivity index (χ3v) is 8.21. The standard InChI is InChI=1S/C28H26Cl2F4N2O5/c29-16-3-6-22-21(8-16)36(24(38)2-1-7-28(32,33)34)11-23(41-22)25(39)35-27-13-26(14-27,15-27)10-17(37)12-40-18-4-5-19(30)20(31)9-18/h3-6,8-9,23H,1-2,7,10-15H2,(H,35,39). The maximum atomic E-state index is 13.6. The Morgan fingerprint density at radius 3 is 2.51 bits per heavy atom. The number of hydrogen-bond acceptors (Lipinski definition) is 5. The monoisotopic (exact) mass is 616 g/mol. The van der Waals surface area contributed by atoms with Gasteiger partial charge in [0.2, 0.25) is 5.91 Å². The maximum Gasteiger partial charge on any atom is 0.389 e. The molecule has 2 aromatic carbocycles. The Morgan fingerprint density at radius 2 is 1.83 bits per heavy atom. The van der Waals surface area contributed by atoms with E-state index in [4.69, 9.17) is 32.7 Å². The van der Waals surface area contributed by atoms with Crippen LogP contribution in [0.5, 0.6) is 11.5 Å². The van der Waals surface area contributed by atoms with Crippen LogP contribution in [0, 0.1) is 11.2 Å². The Balaban J connectivity index is 1.14. The zero-order valence-corrected chi connectivity index (χ0v) is 23.2. The molecule has 4 aliphatic rings. The van der Waals surface area contributed by atoms with Crippen LogP contribution in [-0.4, -0.2) is 48.6 Å². The van der Waals surface area contributed by atoms with E-state index in [2.05, 4.69) is 5.32 Å². The fraction of sp³-hybridized carbons (Fsp3) is 0.464. The molecule has 0 aromatic heterocycles. The number of rotatable bonds is 10. The number of Topliss-reactive ketones (excluding diaryl/α,β-unsaturated/α-hetero) is 1. The quantitative estimate of drug-likeness (QED) is 0.329. The molecule has 0 spiro atoms. The number of hydrogen-bond donors (Lipinski definition) is 1. The molecular formula is C28H26Cl2F4N2O5. The molecule has 0 saturated heterocycles. The first-order valence-corrected chi connectivity index (χ1v) is 13.8. The highest BCUT2D eigenvalue weighted by Crippen LogP contribution is 2.69. The summed E-state index contributed by atoms with van der Waals surface area (Å²) < 4.78 is 62.5. The molecule has 0 radical (unpaired) electrons. The number of alkyl halides is 3. The van der Waals surface area contributed by atoms with Crippen molar-refractivity contribution in [3.8, 4) is 11.5 Å². The molecule has 2 aromatic rings. The molecule has 3 aliphatic carbocycles. The van der Waals surface area contributed by atoms with Gasteiger partial charge < -0.3 is 19.7 Å². The highest BCUT2D eigenvalue weighted by atomic mass is 35.5. The second kappa shape index (κ2) is 11.0. The average Bonchev–Trinajstić information content (AvgIpc) is 2.85. The molecule has 13 heteroatoms. The maximum absolute atomic E-state index is 13.6. The van der Waals surface area contributed by atoms with Crippen LogP contribution in [0.4, 0.5) is 23.2 Å². The summed E-state index contributed by atoms with van der Waals surface area (Å²) in [5, 5.41) is 3.25. The first-order valence-electron chi connectivity index (χ1n) is 13.0. The lowest BCUT2D eigenvalue weighted by Gasteiger charge is -2.70.